The molecule has 2 rings (SSSR count). The first kappa shape index (κ1) is 15.5. The number of rotatable bonds is 2. The maximum Gasteiger partial charge on any atom is 0.243 e. The molecule has 0 saturated carbocycles. The van der Waals surface area contributed by atoms with E-state index < -0.39 is 10.0 Å². The van der Waals surface area contributed by atoms with Gasteiger partial charge < -0.3 is 5.32 Å². The average molecular weight is 296 g/mol. The summed E-state index contributed by atoms with van der Waals surface area (Å²) in [5, 5.41) is 3.34. The molecule has 1 heterocycles. The number of piperazine rings is 1. The molecular formula is C15H24N2O2S. The quantitative estimate of drug-likeness (QED) is 0.908. The predicted molar refractivity (Wildman–Crippen MR) is 81.5 cm³/mol. The number of sulfonamides is 1. The molecular weight excluding hydrogens is 272 g/mol. The average Bonchev–Trinajstić information content (AvgIpc) is 2.25. The smallest absolute Gasteiger partial charge is 0.243 e. The van der Waals surface area contributed by atoms with Crippen molar-refractivity contribution in [3.63, 3.8) is 0 Å². The highest BCUT2D eigenvalue weighted by Gasteiger charge is 2.35. The summed E-state index contributed by atoms with van der Waals surface area (Å²) in [5.41, 5.74) is 2.58. The normalized spacial score (nSPS) is 20.1. The van der Waals surface area contributed by atoms with Gasteiger partial charge >= 0.3 is 0 Å². The molecule has 1 N–H and O–H groups in total. The summed E-state index contributed by atoms with van der Waals surface area (Å²) in [7, 11) is -3.42. The van der Waals surface area contributed by atoms with Crippen LogP contribution in [0.3, 0.4) is 0 Å². The van der Waals surface area contributed by atoms with Crippen molar-refractivity contribution >= 4 is 10.0 Å². The zero-order valence-electron chi connectivity index (χ0n) is 12.9. The van der Waals surface area contributed by atoms with E-state index in [1.165, 1.54) is 0 Å². The van der Waals surface area contributed by atoms with Crippen molar-refractivity contribution in [1.82, 2.24) is 9.62 Å². The lowest BCUT2D eigenvalue weighted by Crippen LogP contribution is -2.58. The van der Waals surface area contributed by atoms with Crippen LogP contribution in [0.15, 0.2) is 17.0 Å². The topological polar surface area (TPSA) is 49.4 Å². The zero-order chi connectivity index (χ0) is 15.1. The number of aryl methyl sites for hydroxylation is 3. The van der Waals surface area contributed by atoms with Crippen LogP contribution in [-0.2, 0) is 10.0 Å². The monoisotopic (exact) mass is 296 g/mol. The Morgan fingerprint density at radius 3 is 2.20 bits per heavy atom. The third kappa shape index (κ3) is 2.90. The van der Waals surface area contributed by atoms with Crippen molar-refractivity contribution < 1.29 is 8.42 Å². The standard InChI is InChI=1S/C15H24N2O2S/c1-11-8-12(2)14(13(3)9-11)20(18,19)17-7-6-16-15(4,5)10-17/h8-9,16H,6-7,10H2,1-5H3. The van der Waals surface area contributed by atoms with Crippen LogP contribution in [0.1, 0.15) is 30.5 Å². The van der Waals surface area contributed by atoms with Gasteiger partial charge in [-0.05, 0) is 45.7 Å². The number of hydrogen-bond acceptors (Lipinski definition) is 3. The van der Waals surface area contributed by atoms with Crippen molar-refractivity contribution in [2.75, 3.05) is 19.6 Å². The molecule has 0 bridgehead atoms. The van der Waals surface area contributed by atoms with E-state index in [1.807, 2.05) is 46.8 Å². The minimum Gasteiger partial charge on any atom is -0.309 e. The Balaban J connectivity index is 2.46. The highest BCUT2D eigenvalue weighted by Crippen LogP contribution is 2.27. The summed E-state index contributed by atoms with van der Waals surface area (Å²) in [6.07, 6.45) is 0. The van der Waals surface area contributed by atoms with E-state index in [0.29, 0.717) is 24.5 Å². The molecule has 0 aliphatic carbocycles. The second kappa shape index (κ2) is 5.13. The first-order chi connectivity index (χ1) is 9.13. The van der Waals surface area contributed by atoms with E-state index in [2.05, 4.69) is 5.32 Å². The van der Waals surface area contributed by atoms with E-state index in [1.54, 1.807) is 4.31 Å². The minimum absolute atomic E-state index is 0.183. The van der Waals surface area contributed by atoms with Crippen molar-refractivity contribution in [2.24, 2.45) is 0 Å². The molecule has 1 aliphatic heterocycles. The van der Waals surface area contributed by atoms with Gasteiger partial charge in [0.05, 0.1) is 4.90 Å². The first-order valence-corrected chi connectivity index (χ1v) is 8.40. The fourth-order valence-electron chi connectivity index (χ4n) is 3.00. The Morgan fingerprint density at radius 1 is 1.15 bits per heavy atom. The van der Waals surface area contributed by atoms with Crippen molar-refractivity contribution in [3.05, 3.63) is 28.8 Å². The minimum atomic E-state index is -3.42. The van der Waals surface area contributed by atoms with E-state index in [9.17, 15) is 8.42 Å². The molecule has 1 aliphatic rings. The van der Waals surface area contributed by atoms with Gasteiger partial charge in [-0.15, -0.1) is 0 Å². The summed E-state index contributed by atoms with van der Waals surface area (Å²) in [6.45, 7) is 11.5. The molecule has 20 heavy (non-hydrogen) atoms. The molecule has 0 spiro atoms. The van der Waals surface area contributed by atoms with E-state index in [4.69, 9.17) is 0 Å². The molecule has 0 radical (unpaired) electrons. The van der Waals surface area contributed by atoms with Gasteiger partial charge in [0.25, 0.3) is 0 Å². The molecule has 1 aromatic rings. The van der Waals surface area contributed by atoms with Crippen LogP contribution >= 0.6 is 0 Å². The predicted octanol–water partition coefficient (Wildman–Crippen LogP) is 1.98. The summed E-state index contributed by atoms with van der Waals surface area (Å²) >= 11 is 0. The van der Waals surface area contributed by atoms with Crippen molar-refractivity contribution in [2.45, 2.75) is 45.1 Å². The second-order valence-corrected chi connectivity index (χ2v) is 8.25. The van der Waals surface area contributed by atoms with Gasteiger partial charge in [0.15, 0.2) is 0 Å². The number of nitrogens with zero attached hydrogens (tertiary/aromatic N) is 1. The lowest BCUT2D eigenvalue weighted by Gasteiger charge is -2.38. The third-order valence-electron chi connectivity index (χ3n) is 3.74. The van der Waals surface area contributed by atoms with Gasteiger partial charge in [0, 0.05) is 25.2 Å². The third-order valence-corrected chi connectivity index (χ3v) is 5.89. The highest BCUT2D eigenvalue weighted by molar-refractivity contribution is 7.89. The van der Waals surface area contributed by atoms with Crippen LogP contribution in [0.4, 0.5) is 0 Å². The molecule has 1 fully saturated rings. The Morgan fingerprint density at radius 2 is 1.70 bits per heavy atom. The fourth-order valence-corrected chi connectivity index (χ4v) is 5.02. The lowest BCUT2D eigenvalue weighted by atomic mass is 10.0. The highest BCUT2D eigenvalue weighted by atomic mass is 32.2. The Hall–Kier alpha value is -0.910. The van der Waals surface area contributed by atoms with Gasteiger partial charge in [-0.2, -0.15) is 4.31 Å². The maximum absolute atomic E-state index is 12.9. The van der Waals surface area contributed by atoms with Crippen LogP contribution in [0.2, 0.25) is 0 Å². The van der Waals surface area contributed by atoms with E-state index >= 15 is 0 Å². The SMILES string of the molecule is Cc1cc(C)c(S(=O)(=O)N2CCNC(C)(C)C2)c(C)c1. The van der Waals surface area contributed by atoms with Crippen LogP contribution in [0, 0.1) is 20.8 Å². The Bertz CT molecular complexity index is 598. The largest absolute Gasteiger partial charge is 0.309 e. The molecule has 0 aromatic heterocycles. The number of hydrogen-bond donors (Lipinski definition) is 1. The van der Waals surface area contributed by atoms with Gasteiger partial charge in [0.2, 0.25) is 10.0 Å². The van der Waals surface area contributed by atoms with Crippen molar-refractivity contribution in [1.29, 1.82) is 0 Å². The van der Waals surface area contributed by atoms with Crippen LogP contribution in [0.25, 0.3) is 0 Å². The first-order valence-electron chi connectivity index (χ1n) is 6.96. The van der Waals surface area contributed by atoms with Gasteiger partial charge in [-0.3, -0.25) is 0 Å². The van der Waals surface area contributed by atoms with Gasteiger partial charge in [-0.1, -0.05) is 17.7 Å². The second-order valence-electron chi connectivity index (χ2n) is 6.38. The van der Waals surface area contributed by atoms with Crippen LogP contribution in [-0.4, -0.2) is 37.9 Å². The van der Waals surface area contributed by atoms with Crippen molar-refractivity contribution in [3.8, 4) is 0 Å². The maximum atomic E-state index is 12.9. The van der Waals surface area contributed by atoms with Gasteiger partial charge in [-0.25, -0.2) is 8.42 Å². The van der Waals surface area contributed by atoms with E-state index in [0.717, 1.165) is 16.7 Å². The molecule has 0 amide bonds. The summed E-state index contributed by atoms with van der Waals surface area (Å²) in [4.78, 5) is 0.473. The molecule has 0 unspecified atom stereocenters. The zero-order valence-corrected chi connectivity index (χ0v) is 13.8. The number of benzene rings is 1. The number of nitrogens with one attached hydrogen (secondary N) is 1. The molecule has 1 saturated heterocycles. The Kier molecular flexibility index (Phi) is 3.97. The van der Waals surface area contributed by atoms with E-state index in [-0.39, 0.29) is 5.54 Å². The Labute approximate surface area is 122 Å². The summed E-state index contributed by atoms with van der Waals surface area (Å²) in [5.74, 6) is 0. The fraction of sp³-hybridized carbons (Fsp3) is 0.600. The van der Waals surface area contributed by atoms with Crippen LogP contribution in [0.5, 0.6) is 0 Å². The summed E-state index contributed by atoms with van der Waals surface area (Å²) in [6, 6.07) is 3.88. The lowest BCUT2D eigenvalue weighted by molar-refractivity contribution is 0.233. The molecule has 4 nitrogen and oxygen atoms in total. The molecule has 5 heteroatoms. The molecule has 112 valence electrons. The molecule has 0 atom stereocenters. The summed E-state index contributed by atoms with van der Waals surface area (Å²) < 4.78 is 27.5. The van der Waals surface area contributed by atoms with Gasteiger partial charge in [0.1, 0.15) is 0 Å². The molecule has 1 aromatic carbocycles. The van der Waals surface area contributed by atoms with Crippen LogP contribution < -0.4 is 5.32 Å².